The van der Waals surface area contributed by atoms with Crippen molar-refractivity contribution in [2.24, 2.45) is 0 Å². The molecule has 0 bridgehead atoms. The Bertz CT molecular complexity index is 1010. The van der Waals surface area contributed by atoms with Gasteiger partial charge in [-0.15, -0.1) is 0 Å². The lowest BCUT2D eigenvalue weighted by Gasteiger charge is -2.19. The van der Waals surface area contributed by atoms with Gasteiger partial charge < -0.3 is 20.1 Å². The lowest BCUT2D eigenvalue weighted by molar-refractivity contribution is 0.0523. The molecule has 0 atom stereocenters. The first-order valence-corrected chi connectivity index (χ1v) is 10.5. The van der Waals surface area contributed by atoms with Gasteiger partial charge in [0.2, 0.25) is 0 Å². The molecule has 168 valence electrons. The van der Waals surface area contributed by atoms with E-state index >= 15 is 0 Å². The van der Waals surface area contributed by atoms with E-state index in [1.165, 1.54) is 12.1 Å². The Hall–Kier alpha value is -3.38. The number of hydrogen-bond acceptors (Lipinski definition) is 4. The van der Waals surface area contributed by atoms with Crippen molar-refractivity contribution in [3.05, 3.63) is 95.3 Å². The van der Waals surface area contributed by atoms with E-state index in [-0.39, 0.29) is 5.82 Å². The Morgan fingerprint density at radius 3 is 2.00 bits per heavy atom. The second kappa shape index (κ2) is 10.8. The highest BCUT2D eigenvalue weighted by Gasteiger charge is 2.15. The maximum Gasteiger partial charge on any atom is 0.407 e. The van der Waals surface area contributed by atoms with Crippen LogP contribution in [0.3, 0.4) is 0 Å². The second-order valence-corrected chi connectivity index (χ2v) is 8.48. The molecule has 0 saturated carbocycles. The van der Waals surface area contributed by atoms with Crippen LogP contribution >= 0.6 is 0 Å². The molecule has 0 aromatic heterocycles. The molecule has 0 spiro atoms. The number of amides is 1. The van der Waals surface area contributed by atoms with E-state index in [0.29, 0.717) is 31.1 Å². The molecule has 1 amide bonds. The maximum atomic E-state index is 13.0. The van der Waals surface area contributed by atoms with Crippen molar-refractivity contribution in [1.82, 2.24) is 10.6 Å². The number of carbonyl (C=O) groups is 1. The first-order chi connectivity index (χ1) is 15.3. The first-order valence-electron chi connectivity index (χ1n) is 10.5. The molecule has 0 aliphatic heterocycles. The summed E-state index contributed by atoms with van der Waals surface area (Å²) in [5, 5.41) is 6.20. The highest BCUT2D eigenvalue weighted by molar-refractivity contribution is 5.67. The van der Waals surface area contributed by atoms with Crippen LogP contribution in [0, 0.1) is 5.82 Å². The van der Waals surface area contributed by atoms with E-state index in [0.717, 1.165) is 16.7 Å². The summed E-state index contributed by atoms with van der Waals surface area (Å²) in [7, 11) is 0. The van der Waals surface area contributed by atoms with Gasteiger partial charge in [-0.2, -0.15) is 0 Å². The minimum Gasteiger partial charge on any atom is -0.457 e. The van der Waals surface area contributed by atoms with Gasteiger partial charge in [-0.25, -0.2) is 9.18 Å². The van der Waals surface area contributed by atoms with E-state index in [1.54, 1.807) is 12.1 Å². The zero-order valence-electron chi connectivity index (χ0n) is 18.7. The van der Waals surface area contributed by atoms with E-state index < -0.39 is 11.7 Å². The van der Waals surface area contributed by atoms with Crippen LogP contribution in [-0.4, -0.2) is 11.7 Å². The zero-order valence-corrected chi connectivity index (χ0v) is 18.7. The van der Waals surface area contributed by atoms with Crippen molar-refractivity contribution in [2.75, 3.05) is 0 Å². The van der Waals surface area contributed by atoms with Crippen LogP contribution in [0.15, 0.2) is 72.8 Å². The normalized spacial score (nSPS) is 11.1. The Morgan fingerprint density at radius 1 is 0.812 bits per heavy atom. The third-order valence-corrected chi connectivity index (χ3v) is 4.46. The molecule has 3 rings (SSSR count). The quantitative estimate of drug-likeness (QED) is 0.459. The lowest BCUT2D eigenvalue weighted by Crippen LogP contribution is -2.32. The molecule has 0 aliphatic carbocycles. The number of benzene rings is 3. The van der Waals surface area contributed by atoms with Crippen molar-refractivity contribution in [3.63, 3.8) is 0 Å². The number of carbonyl (C=O) groups excluding carboxylic acids is 1. The average Bonchev–Trinajstić information content (AvgIpc) is 2.74. The Morgan fingerprint density at radius 2 is 1.38 bits per heavy atom. The van der Waals surface area contributed by atoms with Gasteiger partial charge in [-0.3, -0.25) is 0 Å². The standard InChI is InChI=1S/C26H29FN2O3/c1-26(2,3)32-25(30)29-18-21-6-4-5-20(15-21)17-28-16-19-7-11-23(12-8-19)31-24-13-9-22(27)10-14-24/h4-15,28H,16-18H2,1-3H3,(H,29,30). The molecule has 3 aromatic carbocycles. The summed E-state index contributed by atoms with van der Waals surface area (Å²) in [6, 6.07) is 21.8. The largest absolute Gasteiger partial charge is 0.457 e. The van der Waals surface area contributed by atoms with Crippen LogP contribution in [0.1, 0.15) is 37.5 Å². The summed E-state index contributed by atoms with van der Waals surface area (Å²) in [6.07, 6.45) is -0.423. The fraction of sp³-hybridized carbons (Fsp3) is 0.269. The summed E-state index contributed by atoms with van der Waals surface area (Å²) in [4.78, 5) is 11.8. The number of ether oxygens (including phenoxy) is 2. The zero-order chi connectivity index (χ0) is 23.0. The van der Waals surface area contributed by atoms with Crippen LogP contribution < -0.4 is 15.4 Å². The molecule has 0 radical (unpaired) electrons. The van der Waals surface area contributed by atoms with E-state index in [9.17, 15) is 9.18 Å². The number of rotatable bonds is 8. The van der Waals surface area contributed by atoms with Crippen molar-refractivity contribution in [1.29, 1.82) is 0 Å². The SMILES string of the molecule is CC(C)(C)OC(=O)NCc1cccc(CNCc2ccc(Oc3ccc(F)cc3)cc2)c1. The van der Waals surface area contributed by atoms with E-state index in [4.69, 9.17) is 9.47 Å². The summed E-state index contributed by atoms with van der Waals surface area (Å²) < 4.78 is 24.0. The predicted octanol–water partition coefficient (Wildman–Crippen LogP) is 5.93. The Kier molecular flexibility index (Phi) is 7.84. The minimum atomic E-state index is -0.513. The molecule has 3 aromatic rings. The summed E-state index contributed by atoms with van der Waals surface area (Å²) in [6.45, 7) is 7.34. The topological polar surface area (TPSA) is 59.6 Å². The van der Waals surface area contributed by atoms with Gasteiger partial charge in [-0.05, 0) is 73.9 Å². The molecule has 32 heavy (non-hydrogen) atoms. The third-order valence-electron chi connectivity index (χ3n) is 4.46. The predicted molar refractivity (Wildman–Crippen MR) is 123 cm³/mol. The summed E-state index contributed by atoms with van der Waals surface area (Å²) in [5.74, 6) is 1.01. The van der Waals surface area contributed by atoms with Gasteiger partial charge >= 0.3 is 6.09 Å². The Labute approximate surface area is 188 Å². The van der Waals surface area contributed by atoms with Crippen LogP contribution in [0.2, 0.25) is 0 Å². The maximum absolute atomic E-state index is 13.0. The molecule has 0 heterocycles. The molecule has 0 aliphatic rings. The molecule has 0 fully saturated rings. The Balaban J connectivity index is 1.44. The second-order valence-electron chi connectivity index (χ2n) is 8.48. The smallest absolute Gasteiger partial charge is 0.407 e. The molecule has 6 heteroatoms. The number of halogens is 1. The van der Waals surface area contributed by atoms with E-state index in [2.05, 4.69) is 16.7 Å². The molecule has 0 unspecified atom stereocenters. The third kappa shape index (κ3) is 8.04. The van der Waals surface area contributed by atoms with Gasteiger partial charge in [0, 0.05) is 19.6 Å². The monoisotopic (exact) mass is 436 g/mol. The number of alkyl carbamates (subject to hydrolysis) is 1. The highest BCUT2D eigenvalue weighted by Crippen LogP contribution is 2.22. The average molecular weight is 437 g/mol. The van der Waals surface area contributed by atoms with Gasteiger partial charge in [0.25, 0.3) is 0 Å². The van der Waals surface area contributed by atoms with Gasteiger partial charge in [0.05, 0.1) is 0 Å². The fourth-order valence-corrected chi connectivity index (χ4v) is 3.00. The van der Waals surface area contributed by atoms with Crippen LogP contribution in [0.5, 0.6) is 11.5 Å². The molecular weight excluding hydrogens is 407 g/mol. The molecule has 5 nitrogen and oxygen atoms in total. The molecule has 0 saturated heterocycles. The van der Waals surface area contributed by atoms with Crippen molar-refractivity contribution >= 4 is 6.09 Å². The van der Waals surface area contributed by atoms with Gasteiger partial charge in [0.15, 0.2) is 0 Å². The van der Waals surface area contributed by atoms with Crippen molar-refractivity contribution in [3.8, 4) is 11.5 Å². The van der Waals surface area contributed by atoms with Crippen LogP contribution in [0.25, 0.3) is 0 Å². The summed E-state index contributed by atoms with van der Waals surface area (Å²) in [5.41, 5.74) is 2.75. The van der Waals surface area contributed by atoms with Crippen molar-refractivity contribution < 1.29 is 18.7 Å². The highest BCUT2D eigenvalue weighted by atomic mass is 19.1. The fourth-order valence-electron chi connectivity index (χ4n) is 3.00. The number of nitrogens with one attached hydrogen (secondary N) is 2. The molecular formula is C26H29FN2O3. The van der Waals surface area contributed by atoms with Crippen LogP contribution in [0.4, 0.5) is 9.18 Å². The lowest BCUT2D eigenvalue weighted by atomic mass is 10.1. The van der Waals surface area contributed by atoms with Crippen molar-refractivity contribution in [2.45, 2.75) is 46.0 Å². The molecule has 2 N–H and O–H groups in total. The van der Waals surface area contributed by atoms with Crippen LogP contribution in [-0.2, 0) is 24.4 Å². The first kappa shape index (κ1) is 23.3. The summed E-state index contributed by atoms with van der Waals surface area (Å²) >= 11 is 0. The van der Waals surface area contributed by atoms with Gasteiger partial charge in [-0.1, -0.05) is 36.4 Å². The van der Waals surface area contributed by atoms with Gasteiger partial charge in [0.1, 0.15) is 22.9 Å². The number of hydrogen-bond donors (Lipinski definition) is 2. The minimum absolute atomic E-state index is 0.288. The van der Waals surface area contributed by atoms with E-state index in [1.807, 2.05) is 63.2 Å².